The van der Waals surface area contributed by atoms with E-state index in [2.05, 4.69) is 13.8 Å². The lowest BCUT2D eigenvalue weighted by Crippen LogP contribution is -2.35. The van der Waals surface area contributed by atoms with Crippen molar-refractivity contribution < 1.29 is 9.53 Å². The van der Waals surface area contributed by atoms with Crippen LogP contribution in [0.4, 0.5) is 4.79 Å². The number of rotatable bonds is 2. The Hall–Kier alpha value is -0.730. The Kier molecular flexibility index (Phi) is 4.22. The second-order valence-electron chi connectivity index (χ2n) is 5.86. The SMILES string of the molecule is CCC(C)[C@H]1CCN(C(=O)OC(C)(C)C)C1. The second kappa shape index (κ2) is 5.07. The van der Waals surface area contributed by atoms with Crippen molar-refractivity contribution in [2.75, 3.05) is 13.1 Å². The number of amides is 1. The van der Waals surface area contributed by atoms with Crippen LogP contribution in [-0.2, 0) is 4.74 Å². The zero-order valence-corrected chi connectivity index (χ0v) is 11.2. The molecule has 3 nitrogen and oxygen atoms in total. The van der Waals surface area contributed by atoms with Crippen LogP contribution in [0.3, 0.4) is 0 Å². The van der Waals surface area contributed by atoms with Crippen LogP contribution in [0.15, 0.2) is 0 Å². The van der Waals surface area contributed by atoms with Gasteiger partial charge in [0.2, 0.25) is 0 Å². The van der Waals surface area contributed by atoms with E-state index in [0.717, 1.165) is 19.5 Å². The predicted octanol–water partition coefficient (Wildman–Crippen LogP) is 3.29. The minimum absolute atomic E-state index is 0.154. The van der Waals surface area contributed by atoms with Gasteiger partial charge in [-0.05, 0) is 39.0 Å². The zero-order valence-electron chi connectivity index (χ0n) is 11.2. The van der Waals surface area contributed by atoms with Gasteiger partial charge < -0.3 is 9.64 Å². The van der Waals surface area contributed by atoms with Crippen molar-refractivity contribution in [2.45, 2.75) is 53.1 Å². The van der Waals surface area contributed by atoms with Crippen LogP contribution >= 0.6 is 0 Å². The highest BCUT2D eigenvalue weighted by Gasteiger charge is 2.31. The van der Waals surface area contributed by atoms with E-state index in [1.165, 1.54) is 6.42 Å². The van der Waals surface area contributed by atoms with Crippen molar-refractivity contribution in [2.24, 2.45) is 11.8 Å². The third-order valence-corrected chi connectivity index (χ3v) is 3.33. The van der Waals surface area contributed by atoms with Crippen LogP contribution in [0.1, 0.15) is 47.5 Å². The molecule has 1 unspecified atom stereocenters. The van der Waals surface area contributed by atoms with Crippen molar-refractivity contribution in [3.63, 3.8) is 0 Å². The normalized spacial score (nSPS) is 23.3. The molecule has 0 bridgehead atoms. The molecule has 0 saturated carbocycles. The molecule has 1 saturated heterocycles. The van der Waals surface area contributed by atoms with Gasteiger partial charge in [-0.25, -0.2) is 4.79 Å². The third-order valence-electron chi connectivity index (χ3n) is 3.33. The molecule has 94 valence electrons. The van der Waals surface area contributed by atoms with Crippen LogP contribution < -0.4 is 0 Å². The maximum atomic E-state index is 11.8. The van der Waals surface area contributed by atoms with E-state index < -0.39 is 0 Å². The number of ether oxygens (including phenoxy) is 1. The molecular weight excluding hydrogens is 202 g/mol. The molecule has 1 amide bonds. The Balaban J connectivity index is 2.44. The fraction of sp³-hybridized carbons (Fsp3) is 0.923. The van der Waals surface area contributed by atoms with Gasteiger partial charge in [0.1, 0.15) is 5.60 Å². The Morgan fingerprint density at radius 2 is 2.12 bits per heavy atom. The van der Waals surface area contributed by atoms with Crippen molar-refractivity contribution in [3.05, 3.63) is 0 Å². The second-order valence-corrected chi connectivity index (χ2v) is 5.86. The van der Waals surface area contributed by atoms with Crippen molar-refractivity contribution in [3.8, 4) is 0 Å². The monoisotopic (exact) mass is 227 g/mol. The predicted molar refractivity (Wildman–Crippen MR) is 65.4 cm³/mol. The summed E-state index contributed by atoms with van der Waals surface area (Å²) in [5.41, 5.74) is -0.383. The van der Waals surface area contributed by atoms with Gasteiger partial charge in [0, 0.05) is 13.1 Å². The van der Waals surface area contributed by atoms with E-state index in [0.29, 0.717) is 11.8 Å². The Morgan fingerprint density at radius 1 is 1.50 bits per heavy atom. The molecule has 1 rings (SSSR count). The van der Waals surface area contributed by atoms with E-state index in [1.54, 1.807) is 0 Å². The highest BCUT2D eigenvalue weighted by atomic mass is 16.6. The van der Waals surface area contributed by atoms with Crippen LogP contribution in [-0.4, -0.2) is 29.7 Å². The Bertz CT molecular complexity index is 245. The highest BCUT2D eigenvalue weighted by Crippen LogP contribution is 2.27. The average molecular weight is 227 g/mol. The number of hydrogen-bond donors (Lipinski definition) is 0. The largest absolute Gasteiger partial charge is 0.444 e. The molecule has 3 heteroatoms. The number of nitrogens with zero attached hydrogens (tertiary/aromatic N) is 1. The van der Waals surface area contributed by atoms with Gasteiger partial charge in [-0.15, -0.1) is 0 Å². The van der Waals surface area contributed by atoms with Crippen LogP contribution in [0.2, 0.25) is 0 Å². The topological polar surface area (TPSA) is 29.5 Å². The van der Waals surface area contributed by atoms with E-state index in [9.17, 15) is 4.79 Å². The molecule has 1 aliphatic rings. The number of likely N-dealkylation sites (tertiary alicyclic amines) is 1. The van der Waals surface area contributed by atoms with E-state index >= 15 is 0 Å². The van der Waals surface area contributed by atoms with Crippen LogP contribution in [0, 0.1) is 11.8 Å². The Morgan fingerprint density at radius 3 is 2.62 bits per heavy atom. The van der Waals surface area contributed by atoms with Gasteiger partial charge in [-0.3, -0.25) is 0 Å². The smallest absolute Gasteiger partial charge is 0.410 e. The maximum absolute atomic E-state index is 11.8. The summed E-state index contributed by atoms with van der Waals surface area (Å²) in [6.45, 7) is 11.9. The maximum Gasteiger partial charge on any atom is 0.410 e. The van der Waals surface area contributed by atoms with Crippen molar-refractivity contribution in [1.82, 2.24) is 4.90 Å². The molecule has 16 heavy (non-hydrogen) atoms. The summed E-state index contributed by atoms with van der Waals surface area (Å²) in [7, 11) is 0. The molecular formula is C13H25NO2. The number of hydrogen-bond acceptors (Lipinski definition) is 2. The number of carbonyl (C=O) groups is 1. The first-order valence-electron chi connectivity index (χ1n) is 6.31. The summed E-state index contributed by atoms with van der Waals surface area (Å²) >= 11 is 0. The lowest BCUT2D eigenvalue weighted by molar-refractivity contribution is 0.0284. The zero-order chi connectivity index (χ0) is 12.3. The number of carbonyl (C=O) groups excluding carboxylic acids is 1. The summed E-state index contributed by atoms with van der Waals surface area (Å²) in [6, 6.07) is 0. The summed E-state index contributed by atoms with van der Waals surface area (Å²) in [5, 5.41) is 0. The fourth-order valence-electron chi connectivity index (χ4n) is 2.08. The first kappa shape index (κ1) is 13.3. The molecule has 0 aromatic rings. The minimum atomic E-state index is -0.383. The fourth-order valence-corrected chi connectivity index (χ4v) is 2.08. The Labute approximate surface area is 99.1 Å². The standard InChI is InChI=1S/C13H25NO2/c1-6-10(2)11-7-8-14(9-11)12(15)16-13(3,4)5/h10-11H,6-9H2,1-5H3/t10?,11-/m0/s1. The molecule has 0 spiro atoms. The third kappa shape index (κ3) is 3.69. The molecule has 1 aliphatic heterocycles. The van der Waals surface area contributed by atoms with E-state index in [-0.39, 0.29) is 11.7 Å². The summed E-state index contributed by atoms with van der Waals surface area (Å²) < 4.78 is 5.37. The molecule has 1 heterocycles. The lowest BCUT2D eigenvalue weighted by atomic mass is 9.91. The van der Waals surface area contributed by atoms with Gasteiger partial charge >= 0.3 is 6.09 Å². The van der Waals surface area contributed by atoms with Gasteiger partial charge in [-0.1, -0.05) is 20.3 Å². The molecule has 0 aliphatic carbocycles. The molecule has 2 atom stereocenters. The first-order chi connectivity index (χ1) is 7.33. The van der Waals surface area contributed by atoms with Gasteiger partial charge in [0.25, 0.3) is 0 Å². The first-order valence-corrected chi connectivity index (χ1v) is 6.31. The van der Waals surface area contributed by atoms with Crippen LogP contribution in [0.25, 0.3) is 0 Å². The van der Waals surface area contributed by atoms with Gasteiger partial charge in [0.05, 0.1) is 0 Å². The molecule has 1 fully saturated rings. The summed E-state index contributed by atoms with van der Waals surface area (Å²) in [6.07, 6.45) is 2.15. The molecule has 0 N–H and O–H groups in total. The summed E-state index contributed by atoms with van der Waals surface area (Å²) in [4.78, 5) is 13.7. The van der Waals surface area contributed by atoms with E-state index in [1.807, 2.05) is 25.7 Å². The minimum Gasteiger partial charge on any atom is -0.444 e. The lowest BCUT2D eigenvalue weighted by Gasteiger charge is -2.25. The van der Waals surface area contributed by atoms with Crippen LogP contribution in [0.5, 0.6) is 0 Å². The van der Waals surface area contributed by atoms with Gasteiger partial charge in [-0.2, -0.15) is 0 Å². The summed E-state index contributed by atoms with van der Waals surface area (Å²) in [5.74, 6) is 1.35. The van der Waals surface area contributed by atoms with E-state index in [4.69, 9.17) is 4.74 Å². The highest BCUT2D eigenvalue weighted by molar-refractivity contribution is 5.68. The van der Waals surface area contributed by atoms with Gasteiger partial charge in [0.15, 0.2) is 0 Å². The quantitative estimate of drug-likeness (QED) is 0.724. The molecule has 0 aromatic heterocycles. The van der Waals surface area contributed by atoms with Crippen molar-refractivity contribution >= 4 is 6.09 Å². The average Bonchev–Trinajstić information content (AvgIpc) is 2.62. The molecule has 0 aromatic carbocycles. The molecule has 0 radical (unpaired) electrons. The van der Waals surface area contributed by atoms with Crippen molar-refractivity contribution in [1.29, 1.82) is 0 Å².